The summed E-state index contributed by atoms with van der Waals surface area (Å²) in [6.07, 6.45) is 2.02. The van der Waals surface area contributed by atoms with Crippen LogP contribution in [-0.4, -0.2) is 16.6 Å². The Hall–Kier alpha value is -2.02. The molecule has 0 aliphatic carbocycles. The van der Waals surface area contributed by atoms with E-state index < -0.39 is 0 Å². The van der Waals surface area contributed by atoms with Gasteiger partial charge in [-0.2, -0.15) is 4.98 Å². The van der Waals surface area contributed by atoms with Crippen molar-refractivity contribution in [2.24, 2.45) is 0 Å². The second kappa shape index (κ2) is 7.31. The number of aromatic amines is 1. The lowest BCUT2D eigenvalue weighted by molar-refractivity contribution is 0.146. The Morgan fingerprint density at radius 3 is 2.31 bits per heavy atom. The Kier molecular flexibility index (Phi) is 4.89. The van der Waals surface area contributed by atoms with Gasteiger partial charge < -0.3 is 9.72 Å². The molecule has 0 unspecified atom stereocenters. The fraction of sp³-hybridized carbons (Fsp3) is 0.100. The molecule has 6 heteroatoms. The molecule has 2 heterocycles. The predicted octanol–water partition coefficient (Wildman–Crippen LogP) is 5.03. The lowest BCUT2D eigenvalue weighted by atomic mass is 9.98. The minimum atomic E-state index is -0.356. The summed E-state index contributed by atoms with van der Waals surface area (Å²) in [5, 5.41) is 0. The minimum Gasteiger partial charge on any atom is -0.372 e. The van der Waals surface area contributed by atoms with Gasteiger partial charge in [-0.05, 0) is 41.5 Å². The molecule has 1 aromatic heterocycles. The van der Waals surface area contributed by atoms with Crippen molar-refractivity contribution >= 4 is 43.5 Å². The molecular weight excluding hydrogens is 460 g/mol. The number of benzene rings is 2. The first kappa shape index (κ1) is 17.4. The van der Waals surface area contributed by atoms with Crippen LogP contribution < -0.4 is 5.69 Å². The number of aromatic nitrogens is 2. The Labute approximate surface area is 167 Å². The van der Waals surface area contributed by atoms with Crippen LogP contribution in [0.1, 0.15) is 16.8 Å². The predicted molar refractivity (Wildman–Crippen MR) is 110 cm³/mol. The average molecular weight is 474 g/mol. The molecule has 0 bridgehead atoms. The maximum atomic E-state index is 12.2. The highest BCUT2D eigenvalue weighted by molar-refractivity contribution is 9.10. The molecule has 1 aliphatic rings. The summed E-state index contributed by atoms with van der Waals surface area (Å²) in [5.41, 5.74) is 4.88. The normalized spacial score (nSPS) is 15.1. The van der Waals surface area contributed by atoms with E-state index in [0.717, 1.165) is 36.9 Å². The molecule has 0 fully saturated rings. The molecule has 4 nitrogen and oxygen atoms in total. The highest BCUT2D eigenvalue weighted by Crippen LogP contribution is 2.31. The monoisotopic (exact) mass is 472 g/mol. The van der Waals surface area contributed by atoms with Gasteiger partial charge in [-0.25, -0.2) is 4.79 Å². The molecule has 4 rings (SSSR count). The quantitative estimate of drug-likeness (QED) is 0.567. The van der Waals surface area contributed by atoms with Gasteiger partial charge in [0.25, 0.3) is 0 Å². The standard InChI is InChI=1S/C20H14Br2N2O2/c21-15-5-1-12(2-6-15)9-14-10-26-11-17-18(23-20(25)24-19(14)17)13-3-7-16(22)8-4-13/h1-9H,10-11H2,(H,23,24,25)/b14-9-. The van der Waals surface area contributed by atoms with Crippen molar-refractivity contribution < 1.29 is 4.74 Å². The van der Waals surface area contributed by atoms with Gasteiger partial charge in [0.15, 0.2) is 0 Å². The maximum Gasteiger partial charge on any atom is 0.345 e. The summed E-state index contributed by atoms with van der Waals surface area (Å²) in [6, 6.07) is 15.8. The number of nitrogens with one attached hydrogen (secondary N) is 1. The van der Waals surface area contributed by atoms with E-state index in [0.29, 0.717) is 18.9 Å². The van der Waals surface area contributed by atoms with Crippen LogP contribution in [0.2, 0.25) is 0 Å². The molecule has 1 aliphatic heterocycles. The van der Waals surface area contributed by atoms with E-state index in [4.69, 9.17) is 4.74 Å². The molecule has 130 valence electrons. The Morgan fingerprint density at radius 1 is 0.962 bits per heavy atom. The molecular formula is C20H14Br2N2O2. The number of H-pyrrole nitrogens is 1. The second-order valence-electron chi connectivity index (χ2n) is 5.96. The summed E-state index contributed by atoms with van der Waals surface area (Å²) in [6.45, 7) is 0.849. The second-order valence-corrected chi connectivity index (χ2v) is 7.80. The zero-order chi connectivity index (χ0) is 18.1. The SMILES string of the molecule is O=c1nc2c(c(-c3ccc(Br)cc3)[nH]1)COC/C2=C/c1ccc(Br)cc1. The molecule has 3 aromatic rings. The topological polar surface area (TPSA) is 55.0 Å². The van der Waals surface area contributed by atoms with Crippen LogP contribution in [0.25, 0.3) is 22.9 Å². The lowest BCUT2D eigenvalue weighted by Gasteiger charge is -2.21. The summed E-state index contributed by atoms with van der Waals surface area (Å²) in [4.78, 5) is 19.3. The molecule has 0 saturated carbocycles. The van der Waals surface area contributed by atoms with Crippen molar-refractivity contribution in [3.05, 3.63) is 84.8 Å². The smallest absolute Gasteiger partial charge is 0.345 e. The van der Waals surface area contributed by atoms with Crippen molar-refractivity contribution in [3.8, 4) is 11.3 Å². The van der Waals surface area contributed by atoms with Crippen molar-refractivity contribution in [2.45, 2.75) is 6.61 Å². The van der Waals surface area contributed by atoms with Gasteiger partial charge in [-0.15, -0.1) is 0 Å². The van der Waals surface area contributed by atoms with Gasteiger partial charge in [0.2, 0.25) is 0 Å². The van der Waals surface area contributed by atoms with Crippen LogP contribution in [0.15, 0.2) is 62.3 Å². The number of hydrogen-bond donors (Lipinski definition) is 1. The van der Waals surface area contributed by atoms with E-state index in [1.165, 1.54) is 0 Å². The van der Waals surface area contributed by atoms with E-state index in [9.17, 15) is 4.79 Å². The van der Waals surface area contributed by atoms with Crippen molar-refractivity contribution in [3.63, 3.8) is 0 Å². The highest BCUT2D eigenvalue weighted by Gasteiger charge is 2.21. The largest absolute Gasteiger partial charge is 0.372 e. The zero-order valence-electron chi connectivity index (χ0n) is 13.6. The molecule has 0 saturated heterocycles. The molecule has 2 aromatic carbocycles. The fourth-order valence-corrected chi connectivity index (χ4v) is 3.50. The molecule has 0 atom stereocenters. The molecule has 0 radical (unpaired) electrons. The van der Waals surface area contributed by atoms with Gasteiger partial charge in [-0.3, -0.25) is 0 Å². The first-order valence-corrected chi connectivity index (χ1v) is 9.62. The first-order chi connectivity index (χ1) is 12.6. The molecule has 0 amide bonds. The van der Waals surface area contributed by atoms with E-state index in [-0.39, 0.29) is 5.69 Å². The van der Waals surface area contributed by atoms with E-state index in [1.54, 1.807) is 0 Å². The number of ether oxygens (including phenoxy) is 1. The number of hydrogen-bond acceptors (Lipinski definition) is 3. The first-order valence-electron chi connectivity index (χ1n) is 8.03. The van der Waals surface area contributed by atoms with Gasteiger partial charge in [0.05, 0.1) is 24.6 Å². The highest BCUT2D eigenvalue weighted by atomic mass is 79.9. The average Bonchev–Trinajstić information content (AvgIpc) is 2.64. The number of nitrogens with zero attached hydrogens (tertiary/aromatic N) is 1. The van der Waals surface area contributed by atoms with Crippen LogP contribution in [-0.2, 0) is 11.3 Å². The van der Waals surface area contributed by atoms with E-state index >= 15 is 0 Å². The van der Waals surface area contributed by atoms with Crippen LogP contribution >= 0.6 is 31.9 Å². The van der Waals surface area contributed by atoms with Crippen LogP contribution in [0.5, 0.6) is 0 Å². The van der Waals surface area contributed by atoms with Crippen molar-refractivity contribution in [2.75, 3.05) is 6.61 Å². The third-order valence-corrected chi connectivity index (χ3v) is 5.24. The van der Waals surface area contributed by atoms with Crippen LogP contribution in [0.3, 0.4) is 0 Å². The number of halogens is 2. The van der Waals surface area contributed by atoms with E-state index in [2.05, 4.69) is 41.8 Å². The van der Waals surface area contributed by atoms with Gasteiger partial charge >= 0.3 is 5.69 Å². The molecule has 0 spiro atoms. The molecule has 1 N–H and O–H groups in total. The van der Waals surface area contributed by atoms with Crippen molar-refractivity contribution in [1.29, 1.82) is 0 Å². The molecule has 26 heavy (non-hydrogen) atoms. The Balaban J connectivity index is 1.85. The van der Waals surface area contributed by atoms with Gasteiger partial charge in [-0.1, -0.05) is 56.1 Å². The summed E-state index contributed by atoms with van der Waals surface area (Å²) in [5.74, 6) is 0. The number of fused-ring (bicyclic) bond motifs is 1. The van der Waals surface area contributed by atoms with Crippen LogP contribution in [0, 0.1) is 0 Å². The third-order valence-electron chi connectivity index (χ3n) is 4.18. The fourth-order valence-electron chi connectivity index (χ4n) is 2.97. The summed E-state index contributed by atoms with van der Waals surface area (Å²) < 4.78 is 7.79. The zero-order valence-corrected chi connectivity index (χ0v) is 16.8. The Bertz CT molecular complexity index is 1040. The third kappa shape index (κ3) is 3.58. The summed E-state index contributed by atoms with van der Waals surface area (Å²) in [7, 11) is 0. The summed E-state index contributed by atoms with van der Waals surface area (Å²) >= 11 is 6.88. The van der Waals surface area contributed by atoms with Crippen molar-refractivity contribution in [1.82, 2.24) is 9.97 Å². The number of rotatable bonds is 2. The van der Waals surface area contributed by atoms with Gasteiger partial charge in [0.1, 0.15) is 0 Å². The Morgan fingerprint density at radius 2 is 1.62 bits per heavy atom. The minimum absolute atomic E-state index is 0.356. The lowest BCUT2D eigenvalue weighted by Crippen LogP contribution is -2.21. The maximum absolute atomic E-state index is 12.2. The van der Waals surface area contributed by atoms with E-state index in [1.807, 2.05) is 54.6 Å². The van der Waals surface area contributed by atoms with Crippen LogP contribution in [0.4, 0.5) is 0 Å². The van der Waals surface area contributed by atoms with Gasteiger partial charge in [0, 0.05) is 20.1 Å².